The van der Waals surface area contributed by atoms with Gasteiger partial charge in [-0.2, -0.15) is 0 Å². The molecule has 0 saturated carbocycles. The van der Waals surface area contributed by atoms with Crippen LogP contribution in [0, 0.1) is 11.6 Å². The minimum absolute atomic E-state index is 0.111. The molecule has 0 spiro atoms. The highest BCUT2D eigenvalue weighted by Crippen LogP contribution is 2.23. The Hall–Kier alpha value is -1.20. The van der Waals surface area contributed by atoms with Gasteiger partial charge in [0.05, 0.1) is 6.61 Å². The smallest absolute Gasteiger partial charge is 0.190 e. The quantitative estimate of drug-likeness (QED) is 0.781. The van der Waals surface area contributed by atoms with Crippen LogP contribution in [0.3, 0.4) is 0 Å². The fourth-order valence-corrected chi connectivity index (χ4v) is 1.57. The molecule has 0 fully saturated rings. The Morgan fingerprint density at radius 2 is 1.70 bits per heavy atom. The summed E-state index contributed by atoms with van der Waals surface area (Å²) in [6.45, 7) is 9.20. The summed E-state index contributed by atoms with van der Waals surface area (Å²) in [6.07, 6.45) is 0. The maximum absolute atomic E-state index is 13.8. The van der Waals surface area contributed by atoms with Crippen LogP contribution in [0.15, 0.2) is 12.1 Å². The molecule has 5 heteroatoms. The van der Waals surface area contributed by atoms with Crippen molar-refractivity contribution in [2.75, 3.05) is 19.8 Å². The van der Waals surface area contributed by atoms with E-state index in [4.69, 9.17) is 9.47 Å². The Kier molecular flexibility index (Phi) is 6.36. The number of halogens is 2. The first kappa shape index (κ1) is 16.9. The first-order chi connectivity index (χ1) is 9.33. The number of nitrogens with one attached hydrogen (secondary N) is 1. The summed E-state index contributed by atoms with van der Waals surface area (Å²) in [5.74, 6) is -1.72. The van der Waals surface area contributed by atoms with Gasteiger partial charge in [0, 0.05) is 18.7 Å². The van der Waals surface area contributed by atoms with E-state index in [2.05, 4.69) is 5.32 Å². The summed E-state index contributed by atoms with van der Waals surface area (Å²) in [5, 5.41) is 3.18. The van der Waals surface area contributed by atoms with Crippen molar-refractivity contribution in [3.63, 3.8) is 0 Å². The van der Waals surface area contributed by atoms with Crippen molar-refractivity contribution in [1.82, 2.24) is 5.32 Å². The van der Waals surface area contributed by atoms with Crippen molar-refractivity contribution in [2.45, 2.75) is 39.8 Å². The molecule has 3 nitrogen and oxygen atoms in total. The van der Waals surface area contributed by atoms with Crippen molar-refractivity contribution in [3.8, 4) is 5.75 Å². The zero-order chi connectivity index (χ0) is 15.2. The summed E-state index contributed by atoms with van der Waals surface area (Å²) in [5.41, 5.74) is 0.437. The van der Waals surface area contributed by atoms with E-state index < -0.39 is 11.6 Å². The highest BCUT2D eigenvalue weighted by molar-refractivity contribution is 5.31. The van der Waals surface area contributed by atoms with Crippen LogP contribution in [0.4, 0.5) is 8.78 Å². The maximum Gasteiger partial charge on any atom is 0.190 e. The largest absolute Gasteiger partial charge is 0.485 e. The van der Waals surface area contributed by atoms with E-state index in [9.17, 15) is 8.78 Å². The first-order valence-corrected chi connectivity index (χ1v) is 6.77. The average Bonchev–Trinajstić information content (AvgIpc) is 2.34. The predicted molar refractivity (Wildman–Crippen MR) is 74.9 cm³/mol. The second-order valence-electron chi connectivity index (χ2n) is 5.54. The standard InChI is InChI=1S/C15H23F2NO2/c1-5-19-6-7-20-14-12(16)8-11(9-13(14)17)10-18-15(2,3)4/h8-9,18H,5-7,10H2,1-4H3. The van der Waals surface area contributed by atoms with Gasteiger partial charge < -0.3 is 14.8 Å². The van der Waals surface area contributed by atoms with Gasteiger partial charge in [0.2, 0.25) is 0 Å². The molecule has 20 heavy (non-hydrogen) atoms. The van der Waals surface area contributed by atoms with Crippen LogP contribution in [0.25, 0.3) is 0 Å². The van der Waals surface area contributed by atoms with E-state index in [1.54, 1.807) is 0 Å². The molecular weight excluding hydrogens is 264 g/mol. The fraction of sp³-hybridized carbons (Fsp3) is 0.600. The molecule has 1 aromatic rings. The lowest BCUT2D eigenvalue weighted by molar-refractivity contribution is 0.106. The van der Waals surface area contributed by atoms with Crippen molar-refractivity contribution in [1.29, 1.82) is 0 Å². The van der Waals surface area contributed by atoms with Gasteiger partial charge in [0.25, 0.3) is 0 Å². The van der Waals surface area contributed by atoms with Gasteiger partial charge in [-0.05, 0) is 45.4 Å². The lowest BCUT2D eigenvalue weighted by Gasteiger charge is -2.20. The lowest BCUT2D eigenvalue weighted by atomic mass is 10.1. The molecule has 0 heterocycles. The Morgan fingerprint density at radius 1 is 1.10 bits per heavy atom. The maximum atomic E-state index is 13.8. The number of hydrogen-bond donors (Lipinski definition) is 1. The average molecular weight is 287 g/mol. The summed E-state index contributed by atoms with van der Waals surface area (Å²) in [7, 11) is 0. The zero-order valence-corrected chi connectivity index (χ0v) is 12.6. The third-order valence-corrected chi connectivity index (χ3v) is 2.56. The van der Waals surface area contributed by atoms with Gasteiger partial charge >= 0.3 is 0 Å². The van der Waals surface area contributed by atoms with Gasteiger partial charge in [-0.15, -0.1) is 0 Å². The van der Waals surface area contributed by atoms with Gasteiger partial charge in [-0.25, -0.2) is 8.78 Å². The summed E-state index contributed by atoms with van der Waals surface area (Å²) >= 11 is 0. The Balaban J connectivity index is 2.66. The van der Waals surface area contributed by atoms with E-state index in [-0.39, 0.29) is 17.9 Å². The molecule has 1 rings (SSSR count). The normalized spacial score (nSPS) is 11.7. The van der Waals surface area contributed by atoms with Crippen LogP contribution < -0.4 is 10.1 Å². The van der Waals surface area contributed by atoms with Crippen molar-refractivity contribution in [2.24, 2.45) is 0 Å². The highest BCUT2D eigenvalue weighted by Gasteiger charge is 2.14. The number of rotatable bonds is 7. The monoisotopic (exact) mass is 287 g/mol. The van der Waals surface area contributed by atoms with Gasteiger partial charge in [-0.3, -0.25) is 0 Å². The van der Waals surface area contributed by atoms with E-state index >= 15 is 0 Å². The molecule has 0 aromatic heterocycles. The zero-order valence-electron chi connectivity index (χ0n) is 12.6. The molecule has 1 N–H and O–H groups in total. The van der Waals surface area contributed by atoms with Crippen LogP contribution in [0.1, 0.15) is 33.3 Å². The van der Waals surface area contributed by atoms with Crippen LogP contribution in [-0.4, -0.2) is 25.4 Å². The molecule has 0 atom stereocenters. The number of ether oxygens (including phenoxy) is 2. The van der Waals surface area contributed by atoms with Crippen LogP contribution >= 0.6 is 0 Å². The summed E-state index contributed by atoms with van der Waals surface area (Å²) in [6, 6.07) is 2.58. The van der Waals surface area contributed by atoms with E-state index in [1.807, 2.05) is 27.7 Å². The van der Waals surface area contributed by atoms with Crippen LogP contribution in [0.5, 0.6) is 5.75 Å². The predicted octanol–water partition coefficient (Wildman–Crippen LogP) is 3.27. The number of hydrogen-bond acceptors (Lipinski definition) is 3. The van der Waals surface area contributed by atoms with Crippen LogP contribution in [0.2, 0.25) is 0 Å². The molecule has 0 saturated heterocycles. The minimum Gasteiger partial charge on any atom is -0.485 e. The molecule has 0 unspecified atom stereocenters. The van der Waals surface area contributed by atoms with Gasteiger partial charge in [-0.1, -0.05) is 0 Å². The molecule has 0 bridgehead atoms. The molecule has 0 aliphatic carbocycles. The van der Waals surface area contributed by atoms with E-state index in [0.29, 0.717) is 25.3 Å². The van der Waals surface area contributed by atoms with Gasteiger partial charge in [0.1, 0.15) is 6.61 Å². The van der Waals surface area contributed by atoms with Crippen molar-refractivity contribution >= 4 is 0 Å². The third-order valence-electron chi connectivity index (χ3n) is 2.56. The number of benzene rings is 1. The van der Waals surface area contributed by atoms with E-state index in [1.165, 1.54) is 12.1 Å². The first-order valence-electron chi connectivity index (χ1n) is 6.77. The second kappa shape index (κ2) is 7.55. The summed E-state index contributed by atoms with van der Waals surface area (Å²) < 4.78 is 37.7. The van der Waals surface area contributed by atoms with E-state index in [0.717, 1.165) is 0 Å². The van der Waals surface area contributed by atoms with Crippen molar-refractivity contribution < 1.29 is 18.3 Å². The van der Waals surface area contributed by atoms with Crippen molar-refractivity contribution in [3.05, 3.63) is 29.3 Å². The molecule has 0 radical (unpaired) electrons. The highest BCUT2D eigenvalue weighted by atomic mass is 19.1. The minimum atomic E-state index is -0.688. The Morgan fingerprint density at radius 3 is 2.20 bits per heavy atom. The lowest BCUT2D eigenvalue weighted by Crippen LogP contribution is -2.35. The Labute approximate surface area is 119 Å². The molecular formula is C15H23F2NO2. The Bertz CT molecular complexity index is 407. The SMILES string of the molecule is CCOCCOc1c(F)cc(CNC(C)(C)C)cc1F. The topological polar surface area (TPSA) is 30.5 Å². The third kappa shape index (κ3) is 5.84. The molecule has 1 aromatic carbocycles. The molecule has 114 valence electrons. The van der Waals surface area contributed by atoms with Crippen LogP contribution in [-0.2, 0) is 11.3 Å². The summed E-state index contributed by atoms with van der Waals surface area (Å²) in [4.78, 5) is 0. The molecule has 0 aliphatic rings. The fourth-order valence-electron chi connectivity index (χ4n) is 1.57. The molecule has 0 amide bonds. The molecule has 0 aliphatic heterocycles. The second-order valence-corrected chi connectivity index (χ2v) is 5.54. The van der Waals surface area contributed by atoms with Gasteiger partial charge in [0.15, 0.2) is 17.4 Å².